The number of carbonyl (C=O) groups excluding carboxylic acids is 3. The molecule has 0 rings (SSSR count). The van der Waals surface area contributed by atoms with Crippen LogP contribution in [0.15, 0.2) is 0 Å². The van der Waals surface area contributed by atoms with E-state index in [2.05, 4.69) is 16.0 Å². The molecule has 174 valence electrons. The average molecular weight is 433 g/mol. The molecule has 0 radical (unpaired) electrons. The van der Waals surface area contributed by atoms with Crippen molar-refractivity contribution in [1.29, 1.82) is 0 Å². The monoisotopic (exact) mass is 432 g/mol. The zero-order valence-corrected chi connectivity index (χ0v) is 17.4. The lowest BCUT2D eigenvalue weighted by Gasteiger charge is -2.25. The minimum atomic E-state index is -1.33. The number of rotatable bonds is 16. The Bertz CT molecular complexity index is 559. The summed E-state index contributed by atoms with van der Waals surface area (Å²) < 4.78 is 0. The van der Waals surface area contributed by atoms with Crippen molar-refractivity contribution in [1.82, 2.24) is 16.0 Å². The highest BCUT2D eigenvalue weighted by molar-refractivity contribution is 5.93. The maximum atomic E-state index is 12.6. The van der Waals surface area contributed by atoms with E-state index in [9.17, 15) is 24.3 Å². The number of hydrogen-bond donors (Lipinski definition) is 8. The van der Waals surface area contributed by atoms with Crippen LogP contribution in [0.2, 0.25) is 0 Å². The molecule has 0 saturated heterocycles. The summed E-state index contributed by atoms with van der Waals surface area (Å²) in [5, 5.41) is 25.7. The summed E-state index contributed by atoms with van der Waals surface area (Å²) in [6.45, 7) is 1.59. The van der Waals surface area contributed by atoms with Gasteiger partial charge in [0.15, 0.2) is 0 Å². The third-order valence-electron chi connectivity index (χ3n) is 4.36. The lowest BCUT2D eigenvalue weighted by atomic mass is 10.1. The average Bonchev–Trinajstić information content (AvgIpc) is 2.68. The molecule has 0 fully saturated rings. The van der Waals surface area contributed by atoms with Crippen LogP contribution in [0.4, 0.5) is 0 Å². The van der Waals surface area contributed by atoms with Gasteiger partial charge in [-0.05, 0) is 52.1 Å². The van der Waals surface area contributed by atoms with E-state index in [1.54, 1.807) is 0 Å². The van der Waals surface area contributed by atoms with Gasteiger partial charge in [-0.1, -0.05) is 6.42 Å². The smallest absolute Gasteiger partial charge is 0.322 e. The topological polar surface area (TPSA) is 223 Å². The minimum Gasteiger partial charge on any atom is -0.480 e. The highest BCUT2D eigenvalue weighted by Gasteiger charge is 2.30. The third kappa shape index (κ3) is 11.7. The van der Waals surface area contributed by atoms with Crippen molar-refractivity contribution in [2.24, 2.45) is 17.2 Å². The molecule has 0 spiro atoms. The Labute approximate surface area is 176 Å². The lowest BCUT2D eigenvalue weighted by molar-refractivity contribution is -0.139. The molecule has 0 aliphatic carbocycles. The molecule has 0 aromatic rings. The van der Waals surface area contributed by atoms with Gasteiger partial charge in [0, 0.05) is 0 Å². The number of carbonyl (C=O) groups is 4. The molecular weight excluding hydrogens is 396 g/mol. The second-order valence-corrected chi connectivity index (χ2v) is 7.07. The third-order valence-corrected chi connectivity index (χ3v) is 4.36. The quantitative estimate of drug-likeness (QED) is 0.117. The molecule has 0 aliphatic rings. The standard InChI is InChI=1S/C18H36N6O6/c1-11(25)15(24-16(28)12(21)6-2-4-8-19)18(30)23-13(7-3-5-9-20)17(29)22-10-14(26)27/h11-13,15,25H,2-10,19-21H2,1H3,(H,22,29)(H,23,30)(H,24,28)(H,26,27). The van der Waals surface area contributed by atoms with Crippen molar-refractivity contribution in [3.05, 3.63) is 0 Å². The molecule has 12 heteroatoms. The molecule has 4 unspecified atom stereocenters. The number of nitrogens with two attached hydrogens (primary N) is 3. The Morgan fingerprint density at radius 3 is 1.93 bits per heavy atom. The molecule has 11 N–H and O–H groups in total. The van der Waals surface area contributed by atoms with Gasteiger partial charge in [0.1, 0.15) is 18.6 Å². The van der Waals surface area contributed by atoms with E-state index in [0.717, 1.165) is 0 Å². The molecule has 0 bridgehead atoms. The van der Waals surface area contributed by atoms with Gasteiger partial charge in [-0.15, -0.1) is 0 Å². The summed E-state index contributed by atoms with van der Waals surface area (Å²) in [4.78, 5) is 47.8. The van der Waals surface area contributed by atoms with Crippen LogP contribution in [0.25, 0.3) is 0 Å². The number of aliphatic carboxylic acids is 1. The molecule has 12 nitrogen and oxygen atoms in total. The Morgan fingerprint density at radius 2 is 1.43 bits per heavy atom. The predicted octanol–water partition coefficient (Wildman–Crippen LogP) is -2.88. The van der Waals surface area contributed by atoms with Crippen LogP contribution in [0.1, 0.15) is 45.4 Å². The van der Waals surface area contributed by atoms with Gasteiger partial charge in [0.05, 0.1) is 12.1 Å². The maximum Gasteiger partial charge on any atom is 0.322 e. The fourth-order valence-corrected chi connectivity index (χ4v) is 2.61. The van der Waals surface area contributed by atoms with E-state index < -0.39 is 54.5 Å². The number of unbranched alkanes of at least 4 members (excludes halogenated alkanes) is 2. The molecule has 0 aliphatic heterocycles. The van der Waals surface area contributed by atoms with Gasteiger partial charge in [0.25, 0.3) is 0 Å². The molecule has 0 heterocycles. The number of carboxylic acids is 1. The van der Waals surface area contributed by atoms with Gasteiger partial charge < -0.3 is 43.4 Å². The number of nitrogens with one attached hydrogen (secondary N) is 3. The number of aliphatic hydroxyl groups excluding tert-OH is 1. The molecular formula is C18H36N6O6. The Hall–Kier alpha value is -2.28. The predicted molar refractivity (Wildman–Crippen MR) is 110 cm³/mol. The zero-order valence-electron chi connectivity index (χ0n) is 17.4. The summed E-state index contributed by atoms with van der Waals surface area (Å²) >= 11 is 0. The molecule has 4 atom stereocenters. The Balaban J connectivity index is 5.05. The second kappa shape index (κ2) is 15.5. The Morgan fingerprint density at radius 1 is 0.867 bits per heavy atom. The van der Waals surface area contributed by atoms with Crippen LogP contribution in [0.3, 0.4) is 0 Å². The normalized spacial score (nSPS) is 14.8. The number of amides is 3. The molecule has 0 aromatic carbocycles. The van der Waals surface area contributed by atoms with Crippen molar-refractivity contribution < 1.29 is 29.4 Å². The first-order valence-corrected chi connectivity index (χ1v) is 10.1. The lowest BCUT2D eigenvalue weighted by Crippen LogP contribution is -2.59. The van der Waals surface area contributed by atoms with E-state index in [4.69, 9.17) is 22.3 Å². The zero-order chi connectivity index (χ0) is 23.1. The van der Waals surface area contributed by atoms with Crippen molar-refractivity contribution in [2.45, 2.75) is 69.7 Å². The molecule has 30 heavy (non-hydrogen) atoms. The summed E-state index contributed by atoms with van der Waals surface area (Å²) in [6.07, 6.45) is 1.80. The van der Waals surface area contributed by atoms with Crippen molar-refractivity contribution >= 4 is 23.7 Å². The van der Waals surface area contributed by atoms with E-state index in [0.29, 0.717) is 45.2 Å². The summed E-state index contributed by atoms with van der Waals surface area (Å²) in [7, 11) is 0. The molecule has 0 saturated carbocycles. The highest BCUT2D eigenvalue weighted by atomic mass is 16.4. The van der Waals surface area contributed by atoms with Crippen LogP contribution in [-0.2, 0) is 19.2 Å². The van der Waals surface area contributed by atoms with Gasteiger partial charge >= 0.3 is 5.97 Å². The summed E-state index contributed by atoms with van der Waals surface area (Å²) in [6, 6.07) is -3.24. The van der Waals surface area contributed by atoms with Crippen LogP contribution >= 0.6 is 0 Å². The first-order chi connectivity index (χ1) is 14.1. The van der Waals surface area contributed by atoms with Gasteiger partial charge in [-0.2, -0.15) is 0 Å². The van der Waals surface area contributed by atoms with Gasteiger partial charge in [-0.3, -0.25) is 19.2 Å². The second-order valence-electron chi connectivity index (χ2n) is 7.07. The van der Waals surface area contributed by atoms with E-state index >= 15 is 0 Å². The van der Waals surface area contributed by atoms with Crippen LogP contribution in [0.5, 0.6) is 0 Å². The summed E-state index contributed by atoms with van der Waals surface area (Å²) in [5.74, 6) is -3.30. The molecule has 0 aromatic heterocycles. The maximum absolute atomic E-state index is 12.6. The van der Waals surface area contributed by atoms with Gasteiger partial charge in [0.2, 0.25) is 17.7 Å². The van der Waals surface area contributed by atoms with E-state index in [1.807, 2.05) is 0 Å². The van der Waals surface area contributed by atoms with Crippen LogP contribution < -0.4 is 33.2 Å². The van der Waals surface area contributed by atoms with Crippen molar-refractivity contribution in [3.63, 3.8) is 0 Å². The first-order valence-electron chi connectivity index (χ1n) is 10.1. The fraction of sp³-hybridized carbons (Fsp3) is 0.778. The Kier molecular flexibility index (Phi) is 14.4. The summed E-state index contributed by atoms with van der Waals surface area (Å²) in [5.41, 5.74) is 16.7. The van der Waals surface area contributed by atoms with E-state index in [-0.39, 0.29) is 6.42 Å². The minimum absolute atomic E-state index is 0.216. The largest absolute Gasteiger partial charge is 0.480 e. The number of hydrogen-bond acceptors (Lipinski definition) is 8. The van der Waals surface area contributed by atoms with Gasteiger partial charge in [-0.25, -0.2) is 0 Å². The van der Waals surface area contributed by atoms with Crippen molar-refractivity contribution in [2.75, 3.05) is 19.6 Å². The molecule has 3 amide bonds. The first kappa shape index (κ1) is 27.7. The number of carboxylic acid groups (broad SMARTS) is 1. The SMILES string of the molecule is CC(O)C(NC(=O)C(N)CCCCN)C(=O)NC(CCCCN)C(=O)NCC(=O)O. The fourth-order valence-electron chi connectivity index (χ4n) is 2.61. The number of aliphatic hydroxyl groups is 1. The van der Waals surface area contributed by atoms with Crippen LogP contribution in [-0.4, -0.2) is 77.8 Å². The van der Waals surface area contributed by atoms with Crippen molar-refractivity contribution in [3.8, 4) is 0 Å². The van der Waals surface area contributed by atoms with Crippen LogP contribution in [0, 0.1) is 0 Å². The highest BCUT2D eigenvalue weighted by Crippen LogP contribution is 2.04. The van der Waals surface area contributed by atoms with E-state index in [1.165, 1.54) is 6.92 Å².